The van der Waals surface area contributed by atoms with Gasteiger partial charge in [-0.25, -0.2) is 8.42 Å². The predicted molar refractivity (Wildman–Crippen MR) is 114 cm³/mol. The molecule has 1 aliphatic heterocycles. The van der Waals surface area contributed by atoms with E-state index < -0.39 is 10.0 Å². The predicted octanol–water partition coefficient (Wildman–Crippen LogP) is 3.22. The summed E-state index contributed by atoms with van der Waals surface area (Å²) in [7, 11) is -3.58. The first-order valence-electron chi connectivity index (χ1n) is 9.78. The molecule has 0 radical (unpaired) electrons. The van der Waals surface area contributed by atoms with Crippen LogP contribution >= 0.6 is 0 Å². The van der Waals surface area contributed by atoms with Crippen LogP contribution in [-0.4, -0.2) is 30.4 Å². The van der Waals surface area contributed by atoms with Crippen LogP contribution < -0.4 is 5.56 Å². The molecule has 0 N–H and O–H groups in total. The molecule has 6 nitrogen and oxygen atoms in total. The lowest BCUT2D eigenvalue weighted by Crippen LogP contribution is -2.29. The van der Waals surface area contributed by atoms with Gasteiger partial charge in [-0.05, 0) is 41.7 Å². The van der Waals surface area contributed by atoms with E-state index >= 15 is 0 Å². The Bertz CT molecular complexity index is 1270. The number of aromatic nitrogens is 1. The maximum atomic E-state index is 12.8. The Morgan fingerprint density at radius 2 is 1.63 bits per heavy atom. The van der Waals surface area contributed by atoms with E-state index in [1.54, 1.807) is 6.07 Å². The molecule has 7 heteroatoms. The van der Waals surface area contributed by atoms with Crippen LogP contribution in [0, 0.1) is 11.3 Å². The van der Waals surface area contributed by atoms with Gasteiger partial charge in [-0.2, -0.15) is 9.57 Å². The summed E-state index contributed by atoms with van der Waals surface area (Å²) in [4.78, 5) is 12.5. The Hall–Kier alpha value is -3.21. The molecular formula is C23H21N3O3S. The molecule has 0 aliphatic carbocycles. The number of nitriles is 1. The first-order chi connectivity index (χ1) is 14.5. The summed E-state index contributed by atoms with van der Waals surface area (Å²) in [6, 6.07) is 19.8. The van der Waals surface area contributed by atoms with Crippen molar-refractivity contribution in [2.75, 3.05) is 13.1 Å². The minimum atomic E-state index is -3.58. The van der Waals surface area contributed by atoms with Gasteiger partial charge < -0.3 is 4.57 Å². The van der Waals surface area contributed by atoms with Gasteiger partial charge >= 0.3 is 0 Å². The van der Waals surface area contributed by atoms with Gasteiger partial charge in [0.1, 0.15) is 0 Å². The monoisotopic (exact) mass is 419 g/mol. The van der Waals surface area contributed by atoms with E-state index in [1.807, 2.05) is 42.5 Å². The fraction of sp³-hybridized carbons (Fsp3) is 0.217. The Kier molecular flexibility index (Phi) is 5.53. The van der Waals surface area contributed by atoms with Gasteiger partial charge in [0.05, 0.1) is 23.1 Å². The van der Waals surface area contributed by atoms with Crippen LogP contribution in [0.3, 0.4) is 0 Å². The number of hydrogen-bond acceptors (Lipinski definition) is 4. The van der Waals surface area contributed by atoms with E-state index in [9.17, 15) is 18.5 Å². The molecule has 2 heterocycles. The first kappa shape index (κ1) is 20.1. The second kappa shape index (κ2) is 8.27. The highest BCUT2D eigenvalue weighted by Crippen LogP contribution is 2.24. The maximum Gasteiger partial charge on any atom is 0.250 e. The number of pyridine rings is 1. The second-order valence-electron chi connectivity index (χ2n) is 7.30. The van der Waals surface area contributed by atoms with E-state index in [0.717, 1.165) is 29.5 Å². The van der Waals surface area contributed by atoms with Gasteiger partial charge in [0.2, 0.25) is 10.0 Å². The van der Waals surface area contributed by atoms with Crippen molar-refractivity contribution in [2.24, 2.45) is 0 Å². The number of sulfonamides is 1. The quantitative estimate of drug-likeness (QED) is 0.636. The zero-order valence-electron chi connectivity index (χ0n) is 16.4. The summed E-state index contributed by atoms with van der Waals surface area (Å²) in [5.74, 6) is 0. The summed E-state index contributed by atoms with van der Waals surface area (Å²) in [6.45, 7) is 1.31. The highest BCUT2D eigenvalue weighted by molar-refractivity contribution is 7.89. The van der Waals surface area contributed by atoms with Crippen LogP contribution in [-0.2, 0) is 16.6 Å². The summed E-state index contributed by atoms with van der Waals surface area (Å²) in [5.41, 5.74) is 2.97. The van der Waals surface area contributed by atoms with Crippen LogP contribution in [0.5, 0.6) is 0 Å². The van der Waals surface area contributed by atoms with Crippen molar-refractivity contribution in [2.45, 2.75) is 24.3 Å². The third-order valence-corrected chi connectivity index (χ3v) is 7.21. The molecule has 3 aromatic rings. The lowest BCUT2D eigenvalue weighted by molar-refractivity contribution is 0.476. The minimum absolute atomic E-state index is 0.142. The van der Waals surface area contributed by atoms with Crippen LogP contribution in [0.4, 0.5) is 0 Å². The van der Waals surface area contributed by atoms with E-state index in [2.05, 4.69) is 6.07 Å². The molecule has 0 atom stereocenters. The van der Waals surface area contributed by atoms with Gasteiger partial charge in [0.15, 0.2) is 0 Å². The Balaban J connectivity index is 1.60. The third kappa shape index (κ3) is 3.92. The number of benzene rings is 2. The van der Waals surface area contributed by atoms with E-state index in [0.29, 0.717) is 18.7 Å². The van der Waals surface area contributed by atoms with Crippen molar-refractivity contribution in [3.05, 3.63) is 88.3 Å². The van der Waals surface area contributed by atoms with E-state index in [4.69, 9.17) is 0 Å². The molecule has 1 aromatic heterocycles. The smallest absolute Gasteiger partial charge is 0.250 e. The second-order valence-corrected chi connectivity index (χ2v) is 9.23. The van der Waals surface area contributed by atoms with Gasteiger partial charge in [-0.1, -0.05) is 42.5 Å². The van der Waals surface area contributed by atoms with Crippen LogP contribution in [0.25, 0.3) is 11.1 Å². The number of rotatable bonds is 5. The van der Waals surface area contributed by atoms with Gasteiger partial charge in [-0.15, -0.1) is 0 Å². The SMILES string of the molecule is N#Cc1ccccc1-c1ccc(Cn2cc(S(=O)(=O)N3CCCC3)ccc2=O)cc1. The van der Waals surface area contributed by atoms with Crippen LogP contribution in [0.1, 0.15) is 24.0 Å². The third-order valence-electron chi connectivity index (χ3n) is 5.32. The largest absolute Gasteiger partial charge is 0.310 e. The van der Waals surface area contributed by atoms with Crippen molar-refractivity contribution in [3.63, 3.8) is 0 Å². The fourth-order valence-electron chi connectivity index (χ4n) is 3.68. The molecule has 0 bridgehead atoms. The minimum Gasteiger partial charge on any atom is -0.310 e. The first-order valence-corrected chi connectivity index (χ1v) is 11.2. The van der Waals surface area contributed by atoms with Crippen molar-refractivity contribution < 1.29 is 8.42 Å². The Morgan fingerprint density at radius 1 is 0.933 bits per heavy atom. The molecule has 1 fully saturated rings. The molecule has 1 saturated heterocycles. The van der Waals surface area contributed by atoms with Crippen molar-refractivity contribution in [1.29, 1.82) is 5.26 Å². The summed E-state index contributed by atoms with van der Waals surface area (Å²) >= 11 is 0. The summed E-state index contributed by atoms with van der Waals surface area (Å²) < 4.78 is 28.5. The van der Waals surface area contributed by atoms with Gasteiger partial charge in [0, 0.05) is 25.4 Å². The molecule has 4 rings (SSSR count). The molecule has 152 valence electrons. The lowest BCUT2D eigenvalue weighted by Gasteiger charge is -2.16. The highest BCUT2D eigenvalue weighted by Gasteiger charge is 2.27. The summed E-state index contributed by atoms with van der Waals surface area (Å²) in [6.07, 6.45) is 3.15. The van der Waals surface area contributed by atoms with E-state index in [-0.39, 0.29) is 17.0 Å². The van der Waals surface area contributed by atoms with Gasteiger partial charge in [-0.3, -0.25) is 4.79 Å². The molecule has 0 unspecified atom stereocenters. The normalized spacial score (nSPS) is 14.5. The zero-order valence-corrected chi connectivity index (χ0v) is 17.2. The average Bonchev–Trinajstić information content (AvgIpc) is 3.32. The molecule has 2 aromatic carbocycles. The molecular weight excluding hydrogens is 398 g/mol. The van der Waals surface area contributed by atoms with E-state index in [1.165, 1.54) is 27.2 Å². The topological polar surface area (TPSA) is 83.2 Å². The maximum absolute atomic E-state index is 12.8. The molecule has 0 saturated carbocycles. The Labute approximate surface area is 175 Å². The lowest BCUT2D eigenvalue weighted by atomic mass is 9.99. The van der Waals surface area contributed by atoms with Crippen LogP contribution in [0.2, 0.25) is 0 Å². The highest BCUT2D eigenvalue weighted by atomic mass is 32.2. The van der Waals surface area contributed by atoms with Gasteiger partial charge in [0.25, 0.3) is 5.56 Å². The average molecular weight is 420 g/mol. The van der Waals surface area contributed by atoms with Crippen molar-refractivity contribution >= 4 is 10.0 Å². The van der Waals surface area contributed by atoms with Crippen molar-refractivity contribution in [3.8, 4) is 17.2 Å². The molecule has 0 amide bonds. The molecule has 30 heavy (non-hydrogen) atoms. The van der Waals surface area contributed by atoms with Crippen LogP contribution in [0.15, 0.2) is 76.6 Å². The fourth-order valence-corrected chi connectivity index (χ4v) is 5.22. The standard InChI is InChI=1S/C23H21N3O3S/c24-15-20-5-1-2-6-22(20)19-9-7-18(8-10-19)16-25-17-21(11-12-23(25)27)30(28,29)26-13-3-4-14-26/h1-2,5-12,17H,3-4,13-14,16H2. The number of nitrogens with zero attached hydrogens (tertiary/aromatic N) is 3. The van der Waals surface area contributed by atoms with Crippen molar-refractivity contribution in [1.82, 2.24) is 8.87 Å². The number of hydrogen-bond donors (Lipinski definition) is 0. The zero-order chi connectivity index (χ0) is 21.1. The molecule has 1 aliphatic rings. The summed E-state index contributed by atoms with van der Waals surface area (Å²) in [5, 5.41) is 9.29. The molecule has 0 spiro atoms. The Morgan fingerprint density at radius 3 is 2.33 bits per heavy atom.